The zero-order valence-electron chi connectivity index (χ0n) is 5.19. The first-order valence-corrected chi connectivity index (χ1v) is 3.56. The second kappa shape index (κ2) is 1.27. The molecule has 2 N–H and O–H groups in total. The van der Waals surface area contributed by atoms with Gasteiger partial charge in [-0.05, 0) is 37.5 Å². The minimum Gasteiger partial charge on any atom is -0.328 e. The van der Waals surface area contributed by atoms with Gasteiger partial charge in [0.25, 0.3) is 0 Å². The van der Waals surface area contributed by atoms with Crippen molar-refractivity contribution in [3.05, 3.63) is 0 Å². The van der Waals surface area contributed by atoms with Crippen molar-refractivity contribution in [2.75, 3.05) is 0 Å². The lowest BCUT2D eigenvalue weighted by molar-refractivity contribution is 0.523. The molecule has 2 rings (SSSR count). The van der Waals surface area contributed by atoms with Gasteiger partial charge in [-0.25, -0.2) is 0 Å². The summed E-state index contributed by atoms with van der Waals surface area (Å²) in [7, 11) is 0. The third-order valence-corrected chi connectivity index (χ3v) is 2.70. The molecule has 0 saturated heterocycles. The topological polar surface area (TPSA) is 26.0 Å². The average Bonchev–Trinajstić information content (AvgIpc) is 2.34. The Morgan fingerprint density at radius 2 is 2.00 bits per heavy atom. The van der Waals surface area contributed by atoms with Gasteiger partial charge in [-0.15, -0.1) is 0 Å². The van der Waals surface area contributed by atoms with Crippen LogP contribution in [0, 0.1) is 5.41 Å². The largest absolute Gasteiger partial charge is 0.328 e. The minimum absolute atomic E-state index is 0.553. The van der Waals surface area contributed by atoms with Gasteiger partial charge in [0.05, 0.1) is 0 Å². The van der Waals surface area contributed by atoms with E-state index in [9.17, 15) is 0 Å². The second-order valence-electron chi connectivity index (χ2n) is 3.50. The van der Waals surface area contributed by atoms with Crippen molar-refractivity contribution in [1.29, 1.82) is 0 Å². The molecule has 46 valence electrons. The predicted molar refractivity (Wildman–Crippen MR) is 33.5 cm³/mol. The van der Waals surface area contributed by atoms with Gasteiger partial charge in [0.1, 0.15) is 0 Å². The van der Waals surface area contributed by atoms with Gasteiger partial charge >= 0.3 is 0 Å². The molecule has 2 saturated carbocycles. The molecule has 1 nitrogen and oxygen atoms in total. The van der Waals surface area contributed by atoms with E-state index in [1.165, 1.54) is 32.1 Å². The molecule has 1 spiro atoms. The van der Waals surface area contributed by atoms with Gasteiger partial charge in [0.2, 0.25) is 0 Å². The molecule has 0 radical (unpaired) electrons. The molecule has 1 atom stereocenters. The number of rotatable bonds is 0. The number of hydrogen-bond acceptors (Lipinski definition) is 1. The Balaban J connectivity index is 2.03. The quantitative estimate of drug-likeness (QED) is 0.500. The highest BCUT2D eigenvalue weighted by atomic mass is 14.7. The zero-order chi connectivity index (χ0) is 5.61. The molecule has 2 aliphatic rings. The van der Waals surface area contributed by atoms with Crippen LogP contribution in [0.2, 0.25) is 0 Å². The Kier molecular flexibility index (Phi) is 0.762. The first-order chi connectivity index (χ1) is 3.81. The molecule has 1 heteroatoms. The monoisotopic (exact) mass is 111 g/mol. The summed E-state index contributed by atoms with van der Waals surface area (Å²) in [6.07, 6.45) is 6.99. The molecule has 0 amide bonds. The van der Waals surface area contributed by atoms with Crippen LogP contribution in [0.1, 0.15) is 32.1 Å². The van der Waals surface area contributed by atoms with Crippen molar-refractivity contribution >= 4 is 0 Å². The second-order valence-corrected chi connectivity index (χ2v) is 3.50. The van der Waals surface area contributed by atoms with E-state index < -0.39 is 0 Å². The number of hydrogen-bond donors (Lipinski definition) is 1. The van der Waals surface area contributed by atoms with Crippen molar-refractivity contribution in [2.45, 2.75) is 38.1 Å². The van der Waals surface area contributed by atoms with E-state index in [4.69, 9.17) is 5.73 Å². The first kappa shape index (κ1) is 4.80. The van der Waals surface area contributed by atoms with Gasteiger partial charge < -0.3 is 5.73 Å². The van der Waals surface area contributed by atoms with E-state index in [2.05, 4.69) is 0 Å². The normalized spacial score (nSPS) is 40.9. The van der Waals surface area contributed by atoms with Crippen molar-refractivity contribution in [2.24, 2.45) is 11.1 Å². The van der Waals surface area contributed by atoms with E-state index in [0.29, 0.717) is 6.04 Å². The molecule has 0 aromatic heterocycles. The Morgan fingerprint density at radius 1 is 1.25 bits per heavy atom. The fourth-order valence-electron chi connectivity index (χ4n) is 1.88. The fraction of sp³-hybridized carbons (Fsp3) is 1.00. The van der Waals surface area contributed by atoms with Gasteiger partial charge in [0, 0.05) is 6.04 Å². The third kappa shape index (κ3) is 0.576. The van der Waals surface area contributed by atoms with E-state index in [-0.39, 0.29) is 0 Å². The lowest BCUT2D eigenvalue weighted by atomic mass is 10.1. The van der Waals surface area contributed by atoms with Crippen molar-refractivity contribution < 1.29 is 0 Å². The minimum atomic E-state index is 0.553. The summed E-state index contributed by atoms with van der Waals surface area (Å²) in [6, 6.07) is 0.553. The van der Waals surface area contributed by atoms with Gasteiger partial charge in [-0.3, -0.25) is 0 Å². The summed E-state index contributed by atoms with van der Waals surface area (Å²) in [5.74, 6) is 0. The summed E-state index contributed by atoms with van der Waals surface area (Å²) >= 11 is 0. The molecule has 0 unspecified atom stereocenters. The smallest absolute Gasteiger partial charge is 0.00443 e. The maximum atomic E-state index is 5.75. The van der Waals surface area contributed by atoms with Crippen LogP contribution < -0.4 is 5.73 Å². The molecule has 0 aromatic rings. The van der Waals surface area contributed by atoms with Crippen LogP contribution in [-0.4, -0.2) is 6.04 Å². The summed E-state index contributed by atoms with van der Waals surface area (Å²) in [4.78, 5) is 0. The van der Waals surface area contributed by atoms with Crippen LogP contribution in [0.4, 0.5) is 0 Å². The van der Waals surface area contributed by atoms with Crippen molar-refractivity contribution in [3.63, 3.8) is 0 Å². The van der Waals surface area contributed by atoms with E-state index in [1.807, 2.05) is 0 Å². The van der Waals surface area contributed by atoms with Crippen LogP contribution in [0.5, 0.6) is 0 Å². The maximum Gasteiger partial charge on any atom is 0.00443 e. The van der Waals surface area contributed by atoms with Crippen LogP contribution >= 0.6 is 0 Å². The summed E-state index contributed by atoms with van der Waals surface area (Å²) in [6.45, 7) is 0. The van der Waals surface area contributed by atoms with Crippen LogP contribution in [0.3, 0.4) is 0 Å². The lowest BCUT2D eigenvalue weighted by Gasteiger charge is -2.01. The molecule has 0 bridgehead atoms. The SMILES string of the molecule is N[C@H]1CCC2(CC2)C1. The summed E-state index contributed by atoms with van der Waals surface area (Å²) < 4.78 is 0. The molecule has 0 aliphatic heterocycles. The van der Waals surface area contributed by atoms with Gasteiger partial charge in [-0.2, -0.15) is 0 Å². The summed E-state index contributed by atoms with van der Waals surface area (Å²) in [5, 5.41) is 0. The van der Waals surface area contributed by atoms with Crippen molar-refractivity contribution in [3.8, 4) is 0 Å². The Bertz CT molecular complexity index is 105. The van der Waals surface area contributed by atoms with E-state index in [1.54, 1.807) is 0 Å². The van der Waals surface area contributed by atoms with Crippen LogP contribution in [0.15, 0.2) is 0 Å². The Labute approximate surface area is 50.3 Å². The molecule has 2 fully saturated rings. The van der Waals surface area contributed by atoms with Gasteiger partial charge in [0.15, 0.2) is 0 Å². The van der Waals surface area contributed by atoms with Gasteiger partial charge in [-0.1, -0.05) is 0 Å². The standard InChI is InChI=1S/C7H13N/c8-6-1-2-7(5-6)3-4-7/h6H,1-5,8H2/t6-/m0/s1. The molecular weight excluding hydrogens is 98.1 g/mol. The predicted octanol–water partition coefficient (Wildman–Crippen LogP) is 1.28. The molecule has 0 aromatic carbocycles. The average molecular weight is 111 g/mol. The Morgan fingerprint density at radius 3 is 2.25 bits per heavy atom. The number of nitrogens with two attached hydrogens (primary N) is 1. The lowest BCUT2D eigenvalue weighted by Crippen LogP contribution is -2.14. The zero-order valence-corrected chi connectivity index (χ0v) is 5.19. The molecular formula is C7H13N. The maximum absolute atomic E-state index is 5.75. The van der Waals surface area contributed by atoms with Crippen molar-refractivity contribution in [1.82, 2.24) is 0 Å². The molecule has 0 heterocycles. The highest BCUT2D eigenvalue weighted by Crippen LogP contribution is 2.57. The van der Waals surface area contributed by atoms with E-state index >= 15 is 0 Å². The van der Waals surface area contributed by atoms with Crippen LogP contribution in [0.25, 0.3) is 0 Å². The fourth-order valence-corrected chi connectivity index (χ4v) is 1.88. The highest BCUT2D eigenvalue weighted by molar-refractivity contribution is 5.00. The molecule has 8 heavy (non-hydrogen) atoms. The molecule has 2 aliphatic carbocycles. The Hall–Kier alpha value is -0.0400. The first-order valence-electron chi connectivity index (χ1n) is 3.56. The van der Waals surface area contributed by atoms with Crippen LogP contribution in [-0.2, 0) is 0 Å². The summed E-state index contributed by atoms with van der Waals surface area (Å²) in [5.41, 5.74) is 6.54. The highest BCUT2D eigenvalue weighted by Gasteiger charge is 2.46. The van der Waals surface area contributed by atoms with E-state index in [0.717, 1.165) is 5.41 Å². The third-order valence-electron chi connectivity index (χ3n) is 2.70.